The van der Waals surface area contributed by atoms with Crippen molar-refractivity contribution in [2.75, 3.05) is 6.61 Å². The Morgan fingerprint density at radius 1 is 0.806 bits per heavy atom. The number of aliphatic hydroxyl groups excluding tert-OH is 1. The molecule has 1 aromatic rings. The van der Waals surface area contributed by atoms with Crippen LogP contribution >= 0.6 is 0 Å². The summed E-state index contributed by atoms with van der Waals surface area (Å²) in [5, 5.41) is 9.93. The number of benzene rings is 1. The molecule has 1 N–H and O–H groups in total. The highest BCUT2D eigenvalue weighted by Crippen LogP contribution is 2.70. The van der Waals surface area contributed by atoms with E-state index in [0.717, 1.165) is 18.2 Å². The number of rotatable bonds is 7. The van der Waals surface area contributed by atoms with Crippen molar-refractivity contribution in [2.45, 2.75) is 67.6 Å². The first-order valence-corrected chi connectivity index (χ1v) is 8.91. The van der Waals surface area contributed by atoms with E-state index in [9.17, 15) is 53.4 Å². The molecule has 178 valence electrons. The number of hydrogen-bond acceptors (Lipinski definition) is 2. The highest BCUT2D eigenvalue weighted by molar-refractivity contribution is 5.32. The second kappa shape index (κ2) is 7.66. The Hall–Kier alpha value is -1.79. The molecule has 1 atom stereocenters. The van der Waals surface area contributed by atoms with Crippen molar-refractivity contribution in [2.24, 2.45) is 0 Å². The van der Waals surface area contributed by atoms with Gasteiger partial charge in [0.25, 0.3) is 5.67 Å². The summed E-state index contributed by atoms with van der Waals surface area (Å²) < 4.78 is 156. The van der Waals surface area contributed by atoms with Crippen molar-refractivity contribution in [1.29, 1.82) is 0 Å². The Balaban J connectivity index is 2.47. The van der Waals surface area contributed by atoms with Crippen molar-refractivity contribution in [3.05, 3.63) is 29.8 Å². The number of aliphatic hydroxyl groups is 1. The van der Waals surface area contributed by atoms with Crippen LogP contribution in [0, 0.1) is 0 Å². The van der Waals surface area contributed by atoms with Gasteiger partial charge in [0, 0.05) is 6.42 Å². The summed E-state index contributed by atoms with van der Waals surface area (Å²) in [7, 11) is 0. The first kappa shape index (κ1) is 25.5. The zero-order valence-electron chi connectivity index (χ0n) is 15.7. The maximum atomic E-state index is 14.8. The zero-order valence-corrected chi connectivity index (χ0v) is 15.7. The third kappa shape index (κ3) is 3.34. The van der Waals surface area contributed by atoms with Crippen LogP contribution in [-0.2, 0) is 0 Å². The lowest BCUT2D eigenvalue weighted by molar-refractivity contribution is -0.487. The van der Waals surface area contributed by atoms with Gasteiger partial charge in [-0.1, -0.05) is 25.5 Å². The van der Waals surface area contributed by atoms with Crippen LogP contribution in [0.25, 0.3) is 0 Å². The monoisotopic (exact) mass is 474 g/mol. The van der Waals surface area contributed by atoms with Crippen LogP contribution in [0.3, 0.4) is 0 Å². The Kier molecular flexibility index (Phi) is 6.30. The standard InChI is InChI=1S/C18H17F11O2/c1-2-3-7-31-11-6-4-5-10(8-11)12(30)9-13(19)14(20,21)16(24,25)18(28,29)17(26,27)15(13,22)23/h4-6,8,12,30H,2-3,7,9H2,1H3. The van der Waals surface area contributed by atoms with Crippen LogP contribution < -0.4 is 4.74 Å². The van der Waals surface area contributed by atoms with Crippen LogP contribution in [0.4, 0.5) is 48.3 Å². The fourth-order valence-corrected chi connectivity index (χ4v) is 3.07. The van der Waals surface area contributed by atoms with Crippen molar-refractivity contribution in [3.8, 4) is 5.75 Å². The number of ether oxygens (including phenoxy) is 1. The van der Waals surface area contributed by atoms with Crippen molar-refractivity contribution < 1.29 is 58.1 Å². The SMILES string of the molecule is CCCCOc1cccc(C(O)CC2(F)C(F)(F)C(F)(F)C(F)(F)C(F)(F)C2(F)F)c1. The van der Waals surface area contributed by atoms with Gasteiger partial charge in [0.1, 0.15) is 5.75 Å². The van der Waals surface area contributed by atoms with E-state index in [1.807, 2.05) is 6.92 Å². The first-order valence-electron chi connectivity index (χ1n) is 8.91. The second-order valence-electron chi connectivity index (χ2n) is 7.17. The predicted octanol–water partition coefficient (Wildman–Crippen LogP) is 6.19. The molecule has 1 fully saturated rings. The molecule has 1 aliphatic carbocycles. The average Bonchev–Trinajstić information content (AvgIpc) is 2.66. The van der Waals surface area contributed by atoms with E-state index in [2.05, 4.69) is 0 Å². The summed E-state index contributed by atoms with van der Waals surface area (Å²) in [5.41, 5.74) is -6.85. The van der Waals surface area contributed by atoms with Crippen molar-refractivity contribution in [1.82, 2.24) is 0 Å². The molecule has 0 bridgehead atoms. The summed E-state index contributed by atoms with van der Waals surface area (Å²) in [6.45, 7) is 1.94. The molecule has 13 heteroatoms. The van der Waals surface area contributed by atoms with Gasteiger partial charge in [-0.05, 0) is 24.1 Å². The quantitative estimate of drug-likeness (QED) is 0.378. The van der Waals surface area contributed by atoms with Crippen molar-refractivity contribution in [3.63, 3.8) is 0 Å². The Labute approximate surface area is 169 Å². The van der Waals surface area contributed by atoms with Gasteiger partial charge in [-0.3, -0.25) is 0 Å². The fourth-order valence-electron chi connectivity index (χ4n) is 3.07. The molecule has 2 rings (SSSR count). The van der Waals surface area contributed by atoms with E-state index in [1.54, 1.807) is 0 Å². The van der Waals surface area contributed by atoms with E-state index in [0.29, 0.717) is 12.8 Å². The summed E-state index contributed by atoms with van der Waals surface area (Å²) in [5.74, 6) is -35.6. The lowest BCUT2D eigenvalue weighted by Crippen LogP contribution is -2.83. The van der Waals surface area contributed by atoms with Gasteiger partial charge in [-0.25, -0.2) is 4.39 Å². The molecule has 0 heterocycles. The van der Waals surface area contributed by atoms with E-state index in [1.165, 1.54) is 6.07 Å². The van der Waals surface area contributed by atoms with E-state index >= 15 is 0 Å². The molecule has 0 amide bonds. The fraction of sp³-hybridized carbons (Fsp3) is 0.667. The topological polar surface area (TPSA) is 29.5 Å². The smallest absolute Gasteiger partial charge is 0.384 e. The maximum absolute atomic E-state index is 14.8. The molecule has 1 unspecified atom stereocenters. The van der Waals surface area contributed by atoms with Gasteiger partial charge >= 0.3 is 29.6 Å². The molecular weight excluding hydrogens is 457 g/mol. The summed E-state index contributed by atoms with van der Waals surface area (Å²) >= 11 is 0. The largest absolute Gasteiger partial charge is 0.494 e. The van der Waals surface area contributed by atoms with Crippen LogP contribution in [0.2, 0.25) is 0 Å². The van der Waals surface area contributed by atoms with Crippen molar-refractivity contribution >= 4 is 0 Å². The molecule has 1 aromatic carbocycles. The third-order valence-corrected chi connectivity index (χ3v) is 5.06. The van der Waals surface area contributed by atoms with Gasteiger partial charge in [0.15, 0.2) is 0 Å². The highest BCUT2D eigenvalue weighted by Gasteiger charge is 3.00. The van der Waals surface area contributed by atoms with Gasteiger partial charge in [0.2, 0.25) is 0 Å². The molecule has 0 aliphatic heterocycles. The summed E-state index contributed by atoms with van der Waals surface area (Å²) in [4.78, 5) is 0. The van der Waals surface area contributed by atoms with Gasteiger partial charge in [0.05, 0.1) is 12.7 Å². The third-order valence-electron chi connectivity index (χ3n) is 5.06. The molecule has 31 heavy (non-hydrogen) atoms. The molecule has 0 aromatic heterocycles. The maximum Gasteiger partial charge on any atom is 0.384 e. The number of hydrogen-bond donors (Lipinski definition) is 1. The number of halogens is 11. The van der Waals surface area contributed by atoms with E-state index < -0.39 is 53.4 Å². The Morgan fingerprint density at radius 2 is 1.29 bits per heavy atom. The molecule has 0 saturated heterocycles. The minimum Gasteiger partial charge on any atom is -0.494 e. The van der Waals surface area contributed by atoms with E-state index in [4.69, 9.17) is 4.74 Å². The average molecular weight is 474 g/mol. The zero-order chi connectivity index (χ0) is 24.1. The van der Waals surface area contributed by atoms with Crippen LogP contribution in [0.1, 0.15) is 37.9 Å². The second-order valence-corrected chi connectivity index (χ2v) is 7.17. The van der Waals surface area contributed by atoms with Gasteiger partial charge in [-0.2, -0.15) is 43.9 Å². The number of unbranched alkanes of at least 4 members (excludes halogenated alkanes) is 1. The highest BCUT2D eigenvalue weighted by atomic mass is 19.4. The lowest BCUT2D eigenvalue weighted by atomic mass is 9.69. The lowest BCUT2D eigenvalue weighted by Gasteiger charge is -2.52. The summed E-state index contributed by atoms with van der Waals surface area (Å²) in [6.07, 6.45) is -4.25. The molecule has 2 nitrogen and oxygen atoms in total. The van der Waals surface area contributed by atoms with Crippen LogP contribution in [-0.4, -0.2) is 47.0 Å². The van der Waals surface area contributed by atoms with E-state index in [-0.39, 0.29) is 12.4 Å². The predicted molar refractivity (Wildman–Crippen MR) is 85.0 cm³/mol. The normalized spacial score (nSPS) is 25.6. The molecule has 0 spiro atoms. The van der Waals surface area contributed by atoms with Crippen LogP contribution in [0.5, 0.6) is 5.75 Å². The number of alkyl halides is 11. The molecule has 1 saturated carbocycles. The minimum absolute atomic E-state index is 0.0535. The Morgan fingerprint density at radius 3 is 1.77 bits per heavy atom. The van der Waals surface area contributed by atoms with Gasteiger partial charge < -0.3 is 9.84 Å². The Bertz CT molecular complexity index is 764. The van der Waals surface area contributed by atoms with Gasteiger partial charge in [-0.15, -0.1) is 0 Å². The molecular formula is C18H17F11O2. The molecule has 1 aliphatic rings. The first-order chi connectivity index (χ1) is 13.9. The molecule has 0 radical (unpaired) electrons. The minimum atomic E-state index is -7.28. The van der Waals surface area contributed by atoms with Crippen LogP contribution in [0.15, 0.2) is 24.3 Å². The summed E-state index contributed by atoms with van der Waals surface area (Å²) in [6, 6.07) is 4.08.